The van der Waals surface area contributed by atoms with Crippen molar-refractivity contribution in [2.75, 3.05) is 51.0 Å². The Morgan fingerprint density at radius 1 is 1.16 bits per heavy atom. The molecule has 4 rings (SSSR count). The number of nitrogens with one attached hydrogen (secondary N) is 2. The highest BCUT2D eigenvalue weighted by molar-refractivity contribution is 5.85. The van der Waals surface area contributed by atoms with Gasteiger partial charge in [-0.2, -0.15) is 0 Å². The predicted molar refractivity (Wildman–Crippen MR) is 119 cm³/mol. The first-order valence-corrected chi connectivity index (χ1v) is 10.5. The third-order valence-electron chi connectivity index (χ3n) is 5.76. The van der Waals surface area contributed by atoms with Crippen LogP contribution in [-0.4, -0.2) is 61.3 Å². The van der Waals surface area contributed by atoms with E-state index in [4.69, 9.17) is 4.74 Å². The normalized spacial score (nSPS) is 15.4. The average Bonchev–Trinajstić information content (AvgIpc) is 2.79. The summed E-state index contributed by atoms with van der Waals surface area (Å²) in [4.78, 5) is 11.4. The third kappa shape index (κ3) is 4.75. The fourth-order valence-electron chi connectivity index (χ4n) is 3.97. The second-order valence-corrected chi connectivity index (χ2v) is 7.75. The van der Waals surface area contributed by atoms with E-state index in [1.807, 2.05) is 0 Å². The van der Waals surface area contributed by atoms with Crippen molar-refractivity contribution in [1.82, 2.24) is 14.9 Å². The standard InChI is InChI=1S/C23H27F2N5O/c1-26-20-6-4-18(24)21(22(20)25)15-3-5-19-16(13-15)14-27-23(29-19)28-17-7-9-30(10-8-17)11-12-31-2/h3-6,13-14,17,26H,7-12H2,1-2H3,(H,27,28,29). The second kappa shape index (κ2) is 9.53. The Kier molecular flexibility index (Phi) is 6.58. The van der Waals surface area contributed by atoms with Crippen LogP contribution in [0.15, 0.2) is 36.5 Å². The van der Waals surface area contributed by atoms with Gasteiger partial charge in [0, 0.05) is 51.4 Å². The molecule has 164 valence electrons. The van der Waals surface area contributed by atoms with E-state index in [9.17, 15) is 8.78 Å². The van der Waals surface area contributed by atoms with Gasteiger partial charge in [-0.3, -0.25) is 0 Å². The number of piperidine rings is 1. The summed E-state index contributed by atoms with van der Waals surface area (Å²) < 4.78 is 34.2. The van der Waals surface area contributed by atoms with E-state index in [1.54, 1.807) is 38.6 Å². The zero-order valence-corrected chi connectivity index (χ0v) is 17.8. The lowest BCUT2D eigenvalue weighted by molar-refractivity contribution is 0.132. The lowest BCUT2D eigenvalue weighted by Crippen LogP contribution is -2.40. The summed E-state index contributed by atoms with van der Waals surface area (Å²) in [5.74, 6) is -0.644. The Balaban J connectivity index is 1.50. The molecule has 31 heavy (non-hydrogen) atoms. The van der Waals surface area contributed by atoms with Crippen LogP contribution in [0, 0.1) is 11.6 Å². The first kappa shape index (κ1) is 21.4. The minimum atomic E-state index is -0.613. The predicted octanol–water partition coefficient (Wildman–Crippen LogP) is 4.14. The molecule has 3 aromatic rings. The largest absolute Gasteiger partial charge is 0.386 e. The van der Waals surface area contributed by atoms with Gasteiger partial charge in [-0.25, -0.2) is 18.7 Å². The van der Waals surface area contributed by atoms with Crippen molar-refractivity contribution in [1.29, 1.82) is 0 Å². The fourth-order valence-corrected chi connectivity index (χ4v) is 3.97. The number of fused-ring (bicyclic) bond motifs is 1. The van der Waals surface area contributed by atoms with E-state index in [0.29, 0.717) is 17.6 Å². The molecule has 0 atom stereocenters. The molecule has 1 aliphatic rings. The van der Waals surface area contributed by atoms with Crippen molar-refractivity contribution in [3.05, 3.63) is 48.2 Å². The van der Waals surface area contributed by atoms with Crippen molar-refractivity contribution in [3.63, 3.8) is 0 Å². The number of rotatable bonds is 7. The van der Waals surface area contributed by atoms with Gasteiger partial charge in [0.1, 0.15) is 5.82 Å². The van der Waals surface area contributed by atoms with Crippen molar-refractivity contribution >= 4 is 22.5 Å². The smallest absolute Gasteiger partial charge is 0.223 e. The van der Waals surface area contributed by atoms with E-state index in [-0.39, 0.29) is 11.3 Å². The van der Waals surface area contributed by atoms with Gasteiger partial charge in [0.2, 0.25) is 5.95 Å². The molecule has 1 fully saturated rings. The molecule has 0 spiro atoms. The molecule has 0 aliphatic carbocycles. The zero-order valence-electron chi connectivity index (χ0n) is 17.8. The summed E-state index contributed by atoms with van der Waals surface area (Å²) in [6.07, 6.45) is 3.73. The van der Waals surface area contributed by atoms with Crippen LogP contribution in [-0.2, 0) is 4.74 Å². The average molecular weight is 427 g/mol. The number of ether oxygens (including phenoxy) is 1. The molecule has 2 heterocycles. The van der Waals surface area contributed by atoms with Gasteiger partial charge in [-0.1, -0.05) is 6.07 Å². The van der Waals surface area contributed by atoms with Crippen LogP contribution in [0.1, 0.15) is 12.8 Å². The number of nitrogens with zero attached hydrogens (tertiary/aromatic N) is 3. The first-order chi connectivity index (χ1) is 15.1. The van der Waals surface area contributed by atoms with Gasteiger partial charge in [0.05, 0.1) is 23.4 Å². The van der Waals surface area contributed by atoms with Crippen LogP contribution in [0.2, 0.25) is 0 Å². The van der Waals surface area contributed by atoms with Gasteiger partial charge in [-0.05, 0) is 42.7 Å². The van der Waals surface area contributed by atoms with E-state index >= 15 is 0 Å². The highest BCUT2D eigenvalue weighted by atomic mass is 19.1. The maximum Gasteiger partial charge on any atom is 0.223 e. The molecule has 2 aromatic carbocycles. The maximum atomic E-state index is 14.7. The van der Waals surface area contributed by atoms with E-state index in [1.165, 1.54) is 12.1 Å². The second-order valence-electron chi connectivity index (χ2n) is 7.75. The zero-order chi connectivity index (χ0) is 21.8. The SMILES string of the molecule is CNc1ccc(F)c(-c2ccc3nc(NC4CCN(CCOC)CC4)ncc3c2)c1F. The summed E-state index contributed by atoms with van der Waals surface area (Å²) in [5, 5.41) is 6.89. The molecule has 6 nitrogen and oxygen atoms in total. The molecule has 1 aliphatic heterocycles. The highest BCUT2D eigenvalue weighted by Gasteiger charge is 2.20. The van der Waals surface area contributed by atoms with Gasteiger partial charge in [-0.15, -0.1) is 0 Å². The summed E-state index contributed by atoms with van der Waals surface area (Å²) in [5.41, 5.74) is 1.37. The van der Waals surface area contributed by atoms with Crippen LogP contribution in [0.4, 0.5) is 20.4 Å². The fraction of sp³-hybridized carbons (Fsp3) is 0.391. The molecule has 0 unspecified atom stereocenters. The molecular weight excluding hydrogens is 400 g/mol. The molecule has 1 aromatic heterocycles. The Labute approximate surface area is 180 Å². The number of halogens is 2. The van der Waals surface area contributed by atoms with E-state index in [0.717, 1.165) is 50.0 Å². The number of hydrogen-bond acceptors (Lipinski definition) is 6. The van der Waals surface area contributed by atoms with Crippen LogP contribution >= 0.6 is 0 Å². The van der Waals surface area contributed by atoms with Gasteiger partial charge < -0.3 is 20.3 Å². The molecular formula is C23H27F2N5O. The molecule has 8 heteroatoms. The Bertz CT molecular complexity index is 1050. The highest BCUT2D eigenvalue weighted by Crippen LogP contribution is 2.32. The van der Waals surface area contributed by atoms with Crippen LogP contribution in [0.5, 0.6) is 0 Å². The molecule has 2 N–H and O–H groups in total. The van der Waals surface area contributed by atoms with Crippen molar-refractivity contribution in [2.45, 2.75) is 18.9 Å². The quantitative estimate of drug-likeness (QED) is 0.591. The Hall–Kier alpha value is -2.84. The van der Waals surface area contributed by atoms with E-state index in [2.05, 4.69) is 25.5 Å². The van der Waals surface area contributed by atoms with Crippen molar-refractivity contribution in [2.24, 2.45) is 0 Å². The summed E-state index contributed by atoms with van der Waals surface area (Å²) in [7, 11) is 3.33. The van der Waals surface area contributed by atoms with Crippen LogP contribution < -0.4 is 10.6 Å². The molecule has 0 radical (unpaired) electrons. The Morgan fingerprint density at radius 2 is 1.97 bits per heavy atom. The lowest BCUT2D eigenvalue weighted by Gasteiger charge is -2.32. The number of aromatic nitrogens is 2. The monoisotopic (exact) mass is 427 g/mol. The van der Waals surface area contributed by atoms with Gasteiger partial charge in [0.25, 0.3) is 0 Å². The summed E-state index contributed by atoms with van der Waals surface area (Å²) in [6.45, 7) is 3.74. The Morgan fingerprint density at radius 3 is 2.71 bits per heavy atom. The first-order valence-electron chi connectivity index (χ1n) is 10.5. The van der Waals surface area contributed by atoms with Crippen LogP contribution in [0.3, 0.4) is 0 Å². The minimum Gasteiger partial charge on any atom is -0.386 e. The van der Waals surface area contributed by atoms with Gasteiger partial charge >= 0.3 is 0 Å². The molecule has 0 amide bonds. The molecule has 1 saturated heterocycles. The summed E-state index contributed by atoms with van der Waals surface area (Å²) in [6, 6.07) is 8.15. The minimum absolute atomic E-state index is 0.0591. The number of anilines is 2. The number of benzene rings is 2. The summed E-state index contributed by atoms with van der Waals surface area (Å²) >= 11 is 0. The van der Waals surface area contributed by atoms with Crippen molar-refractivity contribution < 1.29 is 13.5 Å². The van der Waals surface area contributed by atoms with Crippen molar-refractivity contribution in [3.8, 4) is 11.1 Å². The van der Waals surface area contributed by atoms with Gasteiger partial charge in [0.15, 0.2) is 5.82 Å². The lowest BCUT2D eigenvalue weighted by atomic mass is 10.0. The molecule has 0 bridgehead atoms. The topological polar surface area (TPSA) is 62.3 Å². The number of likely N-dealkylation sites (tertiary alicyclic amines) is 1. The number of methoxy groups -OCH3 is 1. The van der Waals surface area contributed by atoms with Crippen LogP contribution in [0.25, 0.3) is 22.0 Å². The van der Waals surface area contributed by atoms with E-state index < -0.39 is 11.6 Å². The number of hydrogen-bond donors (Lipinski definition) is 2. The molecule has 0 saturated carbocycles. The third-order valence-corrected chi connectivity index (χ3v) is 5.76. The maximum absolute atomic E-state index is 14.7.